The van der Waals surface area contributed by atoms with Gasteiger partial charge in [-0.25, -0.2) is 4.79 Å². The Morgan fingerprint density at radius 3 is 2.62 bits per heavy atom. The minimum Gasteiger partial charge on any atom is -0.466 e. The first-order chi connectivity index (χ1) is 6.06. The standard InChI is InChI=1S/C8H8BrNO3/c1-4-5(3-6(11)13-2)10-8(12)7(4)9/h3H,1-2H3,(H,10,12)/b5-3-. The van der Waals surface area contributed by atoms with Gasteiger partial charge in [0.15, 0.2) is 0 Å². The Hall–Kier alpha value is -1.10. The zero-order chi connectivity index (χ0) is 10.0. The summed E-state index contributed by atoms with van der Waals surface area (Å²) in [5.41, 5.74) is 1.18. The van der Waals surface area contributed by atoms with Crippen LogP contribution in [0.2, 0.25) is 0 Å². The molecule has 1 aliphatic rings. The van der Waals surface area contributed by atoms with Crippen LogP contribution < -0.4 is 5.32 Å². The first-order valence-electron chi connectivity index (χ1n) is 3.54. The van der Waals surface area contributed by atoms with Crippen molar-refractivity contribution >= 4 is 27.8 Å². The van der Waals surface area contributed by atoms with Crippen molar-refractivity contribution in [3.05, 3.63) is 21.8 Å². The predicted molar refractivity (Wildman–Crippen MR) is 49.9 cm³/mol. The van der Waals surface area contributed by atoms with E-state index in [1.54, 1.807) is 6.92 Å². The Balaban J connectivity index is 2.94. The molecular weight excluding hydrogens is 238 g/mol. The monoisotopic (exact) mass is 245 g/mol. The molecule has 0 aromatic heterocycles. The van der Waals surface area contributed by atoms with Gasteiger partial charge in [-0.15, -0.1) is 0 Å². The Morgan fingerprint density at radius 1 is 1.62 bits per heavy atom. The maximum atomic E-state index is 11.1. The average molecular weight is 246 g/mol. The van der Waals surface area contributed by atoms with Gasteiger partial charge in [-0.2, -0.15) is 0 Å². The minimum atomic E-state index is -0.489. The lowest BCUT2D eigenvalue weighted by Gasteiger charge is -1.98. The first-order valence-corrected chi connectivity index (χ1v) is 4.33. The minimum absolute atomic E-state index is 0.243. The van der Waals surface area contributed by atoms with Gasteiger partial charge >= 0.3 is 5.97 Å². The maximum absolute atomic E-state index is 11.1. The normalized spacial score (nSPS) is 19.3. The van der Waals surface area contributed by atoms with E-state index in [0.29, 0.717) is 15.8 Å². The highest BCUT2D eigenvalue weighted by molar-refractivity contribution is 9.12. The largest absolute Gasteiger partial charge is 0.466 e. The Bertz CT molecular complexity index is 330. The fourth-order valence-electron chi connectivity index (χ4n) is 0.881. The fourth-order valence-corrected chi connectivity index (χ4v) is 1.19. The smallest absolute Gasteiger partial charge is 0.332 e. The van der Waals surface area contributed by atoms with Crippen LogP contribution in [0.25, 0.3) is 0 Å². The second-order valence-corrected chi connectivity index (χ2v) is 3.27. The number of amides is 1. The third-order valence-electron chi connectivity index (χ3n) is 1.64. The lowest BCUT2D eigenvalue weighted by Crippen LogP contribution is -2.16. The molecule has 0 saturated heterocycles. The van der Waals surface area contributed by atoms with Crippen LogP contribution in [0.4, 0.5) is 0 Å². The topological polar surface area (TPSA) is 55.4 Å². The van der Waals surface area contributed by atoms with Crippen LogP contribution in [-0.4, -0.2) is 19.0 Å². The number of allylic oxidation sites excluding steroid dienone is 1. The van der Waals surface area contributed by atoms with Crippen LogP contribution in [0.5, 0.6) is 0 Å². The van der Waals surface area contributed by atoms with Crippen molar-refractivity contribution in [3.63, 3.8) is 0 Å². The van der Waals surface area contributed by atoms with E-state index in [1.165, 1.54) is 13.2 Å². The number of carbonyl (C=O) groups excluding carboxylic acids is 2. The molecular formula is C8H8BrNO3. The maximum Gasteiger partial charge on any atom is 0.332 e. The summed E-state index contributed by atoms with van der Waals surface area (Å²) >= 11 is 3.10. The molecule has 5 heteroatoms. The number of rotatable bonds is 1. The lowest BCUT2D eigenvalue weighted by molar-refractivity contribution is -0.134. The van der Waals surface area contributed by atoms with Crippen LogP contribution in [0, 0.1) is 0 Å². The Morgan fingerprint density at radius 2 is 2.23 bits per heavy atom. The number of hydrogen-bond acceptors (Lipinski definition) is 3. The molecule has 0 aromatic carbocycles. The van der Waals surface area contributed by atoms with Gasteiger partial charge < -0.3 is 10.1 Å². The third-order valence-corrected chi connectivity index (χ3v) is 2.60. The van der Waals surface area contributed by atoms with Crippen molar-refractivity contribution in [1.82, 2.24) is 5.32 Å². The van der Waals surface area contributed by atoms with Gasteiger partial charge in [0.1, 0.15) is 0 Å². The second kappa shape index (κ2) is 3.74. The van der Waals surface area contributed by atoms with Crippen LogP contribution in [0.15, 0.2) is 21.8 Å². The van der Waals surface area contributed by atoms with Gasteiger partial charge in [-0.3, -0.25) is 4.79 Å². The number of ether oxygens (including phenoxy) is 1. The molecule has 1 heterocycles. The molecule has 1 aliphatic heterocycles. The number of hydrogen-bond donors (Lipinski definition) is 1. The van der Waals surface area contributed by atoms with E-state index in [-0.39, 0.29) is 5.91 Å². The molecule has 0 unspecified atom stereocenters. The van der Waals surface area contributed by atoms with Gasteiger partial charge in [0.25, 0.3) is 5.91 Å². The van der Waals surface area contributed by atoms with E-state index in [1.807, 2.05) is 0 Å². The molecule has 1 N–H and O–H groups in total. The zero-order valence-corrected chi connectivity index (χ0v) is 8.77. The van der Waals surface area contributed by atoms with Crippen molar-refractivity contribution < 1.29 is 14.3 Å². The average Bonchev–Trinajstić information content (AvgIpc) is 2.34. The van der Waals surface area contributed by atoms with Crippen LogP contribution in [0.1, 0.15) is 6.92 Å². The van der Waals surface area contributed by atoms with E-state index in [2.05, 4.69) is 26.0 Å². The number of methoxy groups -OCH3 is 1. The summed E-state index contributed by atoms with van der Waals surface area (Å²) in [6.07, 6.45) is 1.24. The quantitative estimate of drug-likeness (QED) is 0.551. The van der Waals surface area contributed by atoms with Gasteiger partial charge in [-0.1, -0.05) is 0 Å². The molecule has 70 valence electrons. The molecule has 0 saturated carbocycles. The predicted octanol–water partition coefficient (Wildman–Crippen LogP) is 0.842. The SMILES string of the molecule is COC(=O)/C=C1\NC(=O)C(Br)=C1C. The van der Waals surface area contributed by atoms with Crippen molar-refractivity contribution in [1.29, 1.82) is 0 Å². The van der Waals surface area contributed by atoms with E-state index in [4.69, 9.17) is 0 Å². The molecule has 4 nitrogen and oxygen atoms in total. The third kappa shape index (κ3) is 1.98. The summed E-state index contributed by atoms with van der Waals surface area (Å²) in [6.45, 7) is 1.73. The molecule has 0 bridgehead atoms. The molecule has 0 radical (unpaired) electrons. The molecule has 0 spiro atoms. The number of carbonyl (C=O) groups is 2. The van der Waals surface area contributed by atoms with Crippen LogP contribution in [0.3, 0.4) is 0 Å². The second-order valence-electron chi connectivity index (χ2n) is 2.47. The first kappa shape index (κ1) is 9.98. The number of nitrogens with one attached hydrogen (secondary N) is 1. The van der Waals surface area contributed by atoms with E-state index >= 15 is 0 Å². The summed E-state index contributed by atoms with van der Waals surface area (Å²) in [7, 11) is 1.28. The highest BCUT2D eigenvalue weighted by atomic mass is 79.9. The molecule has 0 atom stereocenters. The van der Waals surface area contributed by atoms with Gasteiger partial charge in [-0.05, 0) is 28.4 Å². The van der Waals surface area contributed by atoms with Crippen molar-refractivity contribution in [2.24, 2.45) is 0 Å². The van der Waals surface area contributed by atoms with Gasteiger partial charge in [0.05, 0.1) is 17.3 Å². The molecule has 0 aliphatic carbocycles. The van der Waals surface area contributed by atoms with E-state index in [9.17, 15) is 9.59 Å². The van der Waals surface area contributed by atoms with E-state index < -0.39 is 5.97 Å². The fraction of sp³-hybridized carbons (Fsp3) is 0.250. The lowest BCUT2D eigenvalue weighted by atomic mass is 10.2. The molecule has 1 amide bonds. The highest BCUT2D eigenvalue weighted by Gasteiger charge is 2.22. The summed E-state index contributed by atoms with van der Waals surface area (Å²) in [6, 6.07) is 0. The summed E-state index contributed by atoms with van der Waals surface area (Å²) in [5, 5.41) is 2.52. The summed E-state index contributed by atoms with van der Waals surface area (Å²) in [5.74, 6) is -0.732. The van der Waals surface area contributed by atoms with Crippen molar-refractivity contribution in [2.45, 2.75) is 6.92 Å². The van der Waals surface area contributed by atoms with Crippen LogP contribution >= 0.6 is 15.9 Å². The molecule has 0 fully saturated rings. The Kier molecular flexibility index (Phi) is 2.87. The summed E-state index contributed by atoms with van der Waals surface area (Å²) in [4.78, 5) is 21.9. The molecule has 13 heavy (non-hydrogen) atoms. The zero-order valence-electron chi connectivity index (χ0n) is 7.18. The number of esters is 1. The number of halogens is 1. The summed E-state index contributed by atoms with van der Waals surface area (Å²) < 4.78 is 4.87. The van der Waals surface area contributed by atoms with Crippen molar-refractivity contribution in [2.75, 3.05) is 7.11 Å². The highest BCUT2D eigenvalue weighted by Crippen LogP contribution is 2.24. The molecule has 1 rings (SSSR count). The molecule has 0 aromatic rings. The van der Waals surface area contributed by atoms with Crippen molar-refractivity contribution in [3.8, 4) is 0 Å². The van der Waals surface area contributed by atoms with Crippen LogP contribution in [-0.2, 0) is 14.3 Å². The van der Waals surface area contributed by atoms with Gasteiger partial charge in [0.2, 0.25) is 0 Å². The Labute approximate surface area is 83.8 Å². The van der Waals surface area contributed by atoms with Gasteiger partial charge in [0, 0.05) is 6.08 Å². The van der Waals surface area contributed by atoms with E-state index in [0.717, 1.165) is 0 Å².